The molecule has 2 aromatic carbocycles. The standard InChI is InChI=1S/C22H24BrN3O3S/c1-22(2,3)16-10-11-18(17(23)13-16)29-14-20(28)25-26-21(30)24-19(27)12-9-15-7-5-4-6-8-15/h4-13H,14H2,1-3H3,(H,25,28)(H2,24,26,27,30). The number of carbonyl (C=O) groups excluding carboxylic acids is 2. The molecule has 0 aromatic heterocycles. The van der Waals surface area contributed by atoms with Crippen molar-refractivity contribution < 1.29 is 14.3 Å². The summed E-state index contributed by atoms with van der Waals surface area (Å²) in [5.41, 5.74) is 6.89. The number of benzene rings is 2. The number of thiocarbonyl (C=S) groups is 1. The van der Waals surface area contributed by atoms with Crippen molar-refractivity contribution in [3.63, 3.8) is 0 Å². The highest BCUT2D eigenvalue weighted by atomic mass is 79.9. The summed E-state index contributed by atoms with van der Waals surface area (Å²) >= 11 is 8.45. The Morgan fingerprint density at radius 3 is 2.43 bits per heavy atom. The maximum Gasteiger partial charge on any atom is 0.276 e. The van der Waals surface area contributed by atoms with Gasteiger partial charge in [-0.1, -0.05) is 57.2 Å². The summed E-state index contributed by atoms with van der Waals surface area (Å²) in [6.07, 6.45) is 3.01. The fourth-order valence-corrected chi connectivity index (χ4v) is 2.96. The molecule has 0 saturated carbocycles. The molecule has 0 bridgehead atoms. The lowest BCUT2D eigenvalue weighted by Gasteiger charge is -2.20. The van der Waals surface area contributed by atoms with Crippen LogP contribution in [-0.4, -0.2) is 23.5 Å². The molecule has 158 valence electrons. The highest BCUT2D eigenvalue weighted by Crippen LogP contribution is 2.31. The summed E-state index contributed by atoms with van der Waals surface area (Å²) in [5, 5.41) is 2.41. The van der Waals surface area contributed by atoms with Crippen LogP contribution < -0.4 is 20.9 Å². The Bertz CT molecular complexity index is 940. The van der Waals surface area contributed by atoms with Gasteiger partial charge in [0, 0.05) is 6.08 Å². The largest absolute Gasteiger partial charge is 0.483 e. The Hall–Kier alpha value is -2.71. The number of hydrogen-bond acceptors (Lipinski definition) is 4. The van der Waals surface area contributed by atoms with Gasteiger partial charge in [0.1, 0.15) is 5.75 Å². The molecular formula is C22H24BrN3O3S. The fraction of sp³-hybridized carbons (Fsp3) is 0.227. The van der Waals surface area contributed by atoms with Crippen molar-refractivity contribution in [1.29, 1.82) is 0 Å². The van der Waals surface area contributed by atoms with Crippen molar-refractivity contribution >= 4 is 51.2 Å². The third-order valence-electron chi connectivity index (χ3n) is 3.94. The molecule has 2 rings (SSSR count). The molecule has 30 heavy (non-hydrogen) atoms. The lowest BCUT2D eigenvalue weighted by molar-refractivity contribution is -0.123. The van der Waals surface area contributed by atoms with Crippen molar-refractivity contribution in [2.75, 3.05) is 6.61 Å². The molecule has 0 unspecified atom stereocenters. The van der Waals surface area contributed by atoms with Crippen LogP contribution in [-0.2, 0) is 15.0 Å². The highest BCUT2D eigenvalue weighted by molar-refractivity contribution is 9.10. The quantitative estimate of drug-likeness (QED) is 0.337. The van der Waals surface area contributed by atoms with Crippen LogP contribution in [0.1, 0.15) is 31.9 Å². The molecule has 0 spiro atoms. The molecule has 0 saturated heterocycles. The van der Waals surface area contributed by atoms with Gasteiger partial charge >= 0.3 is 0 Å². The molecule has 0 aliphatic rings. The van der Waals surface area contributed by atoms with Crippen molar-refractivity contribution in [2.24, 2.45) is 0 Å². The van der Waals surface area contributed by atoms with Crippen molar-refractivity contribution in [3.05, 3.63) is 70.2 Å². The zero-order valence-corrected chi connectivity index (χ0v) is 19.4. The Morgan fingerprint density at radius 2 is 1.80 bits per heavy atom. The molecule has 0 aliphatic heterocycles. The normalized spacial score (nSPS) is 11.1. The van der Waals surface area contributed by atoms with E-state index in [1.54, 1.807) is 6.08 Å². The van der Waals surface area contributed by atoms with Crippen LogP contribution in [0.25, 0.3) is 6.08 Å². The third kappa shape index (κ3) is 7.96. The van der Waals surface area contributed by atoms with E-state index in [0.29, 0.717) is 5.75 Å². The minimum Gasteiger partial charge on any atom is -0.483 e. The van der Waals surface area contributed by atoms with E-state index in [1.165, 1.54) is 6.08 Å². The van der Waals surface area contributed by atoms with Gasteiger partial charge in [-0.25, -0.2) is 0 Å². The summed E-state index contributed by atoms with van der Waals surface area (Å²) in [7, 11) is 0. The topological polar surface area (TPSA) is 79.5 Å². The van der Waals surface area contributed by atoms with Gasteiger partial charge in [-0.05, 0) is 62.9 Å². The average molecular weight is 490 g/mol. The van der Waals surface area contributed by atoms with E-state index in [9.17, 15) is 9.59 Å². The van der Waals surface area contributed by atoms with Crippen LogP contribution in [0.5, 0.6) is 5.75 Å². The van der Waals surface area contributed by atoms with E-state index < -0.39 is 11.8 Å². The first kappa shape index (κ1) is 23.6. The number of hydrazine groups is 1. The predicted molar refractivity (Wildman–Crippen MR) is 126 cm³/mol. The summed E-state index contributed by atoms with van der Waals surface area (Å²) < 4.78 is 6.29. The van der Waals surface area contributed by atoms with Gasteiger partial charge in [0.2, 0.25) is 5.91 Å². The van der Waals surface area contributed by atoms with Crippen LogP contribution in [0.3, 0.4) is 0 Å². The summed E-state index contributed by atoms with van der Waals surface area (Å²) in [5.74, 6) is -0.303. The first-order chi connectivity index (χ1) is 14.1. The summed E-state index contributed by atoms with van der Waals surface area (Å²) in [6.45, 7) is 6.14. The molecule has 8 heteroatoms. The minimum atomic E-state index is -0.446. The van der Waals surface area contributed by atoms with Crippen LogP contribution in [0.15, 0.2) is 59.1 Å². The molecule has 0 atom stereocenters. The Balaban J connectivity index is 1.74. The van der Waals surface area contributed by atoms with Gasteiger partial charge in [0.05, 0.1) is 4.47 Å². The minimum absolute atomic E-state index is 0.0127. The van der Waals surface area contributed by atoms with E-state index in [-0.39, 0.29) is 17.1 Å². The number of halogens is 1. The van der Waals surface area contributed by atoms with Gasteiger partial charge in [-0.15, -0.1) is 0 Å². The van der Waals surface area contributed by atoms with Crippen molar-refractivity contribution in [1.82, 2.24) is 16.2 Å². The van der Waals surface area contributed by atoms with Gasteiger partial charge in [0.15, 0.2) is 11.7 Å². The lowest BCUT2D eigenvalue weighted by Crippen LogP contribution is -2.49. The Morgan fingerprint density at radius 1 is 1.10 bits per heavy atom. The number of ether oxygens (including phenoxy) is 1. The zero-order chi connectivity index (χ0) is 22.1. The maximum absolute atomic E-state index is 12.0. The van der Waals surface area contributed by atoms with Crippen molar-refractivity contribution in [2.45, 2.75) is 26.2 Å². The second kappa shape index (κ2) is 10.9. The van der Waals surface area contributed by atoms with Gasteiger partial charge in [-0.2, -0.15) is 0 Å². The average Bonchev–Trinajstić information content (AvgIpc) is 2.70. The van der Waals surface area contributed by atoms with Crippen molar-refractivity contribution in [3.8, 4) is 5.75 Å². The van der Waals surface area contributed by atoms with Crippen LogP contribution in [0, 0.1) is 0 Å². The number of carbonyl (C=O) groups is 2. The molecule has 0 fully saturated rings. The van der Waals surface area contributed by atoms with Crippen LogP contribution in [0.4, 0.5) is 0 Å². The third-order valence-corrected chi connectivity index (χ3v) is 4.76. The highest BCUT2D eigenvalue weighted by Gasteiger charge is 2.15. The second-order valence-electron chi connectivity index (χ2n) is 7.42. The second-order valence-corrected chi connectivity index (χ2v) is 8.68. The molecule has 3 N–H and O–H groups in total. The number of rotatable bonds is 5. The first-order valence-corrected chi connectivity index (χ1v) is 10.4. The smallest absolute Gasteiger partial charge is 0.276 e. The molecule has 0 radical (unpaired) electrons. The molecule has 6 nitrogen and oxygen atoms in total. The van der Waals surface area contributed by atoms with E-state index in [0.717, 1.165) is 15.6 Å². The monoisotopic (exact) mass is 489 g/mol. The van der Waals surface area contributed by atoms with E-state index >= 15 is 0 Å². The molecule has 0 aliphatic carbocycles. The SMILES string of the molecule is CC(C)(C)c1ccc(OCC(=O)NNC(=S)NC(=O)C=Cc2ccccc2)c(Br)c1. The zero-order valence-electron chi connectivity index (χ0n) is 17.0. The van der Waals surface area contributed by atoms with Gasteiger partial charge in [0.25, 0.3) is 5.91 Å². The maximum atomic E-state index is 12.0. The number of nitrogens with one attached hydrogen (secondary N) is 3. The van der Waals surface area contributed by atoms with E-state index in [2.05, 4.69) is 52.9 Å². The summed E-state index contributed by atoms with van der Waals surface area (Å²) in [4.78, 5) is 23.8. The van der Waals surface area contributed by atoms with Gasteiger partial charge in [-0.3, -0.25) is 25.8 Å². The first-order valence-electron chi connectivity index (χ1n) is 9.21. The Labute approximate surface area is 190 Å². The molecule has 2 amide bonds. The molecule has 2 aromatic rings. The fourth-order valence-electron chi connectivity index (χ4n) is 2.31. The number of hydrogen-bond donors (Lipinski definition) is 3. The van der Waals surface area contributed by atoms with E-state index in [1.807, 2.05) is 48.5 Å². The van der Waals surface area contributed by atoms with Crippen LogP contribution >= 0.6 is 28.1 Å². The molecular weight excluding hydrogens is 466 g/mol. The summed E-state index contributed by atoms with van der Waals surface area (Å²) in [6, 6.07) is 15.1. The molecule has 0 heterocycles. The van der Waals surface area contributed by atoms with Crippen LogP contribution in [0.2, 0.25) is 0 Å². The predicted octanol–water partition coefficient (Wildman–Crippen LogP) is 3.86. The lowest BCUT2D eigenvalue weighted by atomic mass is 9.87. The Kier molecular flexibility index (Phi) is 8.56. The van der Waals surface area contributed by atoms with Gasteiger partial charge < -0.3 is 4.74 Å². The number of amides is 2. The van der Waals surface area contributed by atoms with E-state index in [4.69, 9.17) is 17.0 Å².